The van der Waals surface area contributed by atoms with E-state index in [2.05, 4.69) is 5.32 Å². The van der Waals surface area contributed by atoms with E-state index in [0.717, 1.165) is 0 Å². The van der Waals surface area contributed by atoms with Gasteiger partial charge in [0.2, 0.25) is 0 Å². The molecule has 0 aliphatic rings. The zero-order valence-corrected chi connectivity index (χ0v) is 5.95. The van der Waals surface area contributed by atoms with E-state index >= 15 is 0 Å². The van der Waals surface area contributed by atoms with Crippen LogP contribution in [0.25, 0.3) is 0 Å². The molecule has 0 fully saturated rings. The first-order valence-corrected chi connectivity index (χ1v) is 3.41. The highest BCUT2D eigenvalue weighted by Crippen LogP contribution is 1.77. The van der Waals surface area contributed by atoms with Gasteiger partial charge in [-0.2, -0.15) is 0 Å². The van der Waals surface area contributed by atoms with Crippen LogP contribution in [0.15, 0.2) is 0 Å². The highest BCUT2D eigenvalue weighted by Gasteiger charge is 1.98. The molecule has 0 aliphatic carbocycles. The Morgan fingerprint density at radius 1 is 1.30 bits per heavy atom. The van der Waals surface area contributed by atoms with E-state index in [1.807, 2.05) is 0 Å². The zero-order valence-electron chi connectivity index (χ0n) is 5.95. The molecule has 1 atom stereocenters. The van der Waals surface area contributed by atoms with Crippen molar-refractivity contribution in [3.63, 3.8) is 0 Å². The van der Waals surface area contributed by atoms with E-state index < -0.39 is 6.10 Å². The lowest BCUT2D eigenvalue weighted by Crippen LogP contribution is -2.30. The van der Waals surface area contributed by atoms with E-state index in [9.17, 15) is 0 Å². The molecule has 0 saturated heterocycles. The van der Waals surface area contributed by atoms with Crippen LogP contribution in [-0.2, 0) is 0 Å². The molecule has 10 heavy (non-hydrogen) atoms. The normalized spacial score (nSPS) is 13.5. The van der Waals surface area contributed by atoms with Crippen molar-refractivity contribution < 1.29 is 15.3 Å². The molecule has 0 saturated carbocycles. The Hall–Kier alpha value is -0.160. The summed E-state index contributed by atoms with van der Waals surface area (Å²) in [6.07, 6.45) is -0.00305. The molecule has 0 bridgehead atoms. The Labute approximate surface area is 60.5 Å². The predicted molar refractivity (Wildman–Crippen MR) is 37.7 cm³/mol. The predicted octanol–water partition coefficient (Wildman–Crippen LogP) is -1.69. The average Bonchev–Trinajstić information content (AvgIpc) is 1.98. The topological polar surface area (TPSA) is 72.7 Å². The van der Waals surface area contributed by atoms with Crippen LogP contribution in [0.2, 0.25) is 0 Å². The van der Waals surface area contributed by atoms with Gasteiger partial charge in [-0.3, -0.25) is 0 Å². The lowest BCUT2D eigenvalue weighted by atomic mass is 10.3. The number of hydrogen-bond acceptors (Lipinski definition) is 4. The molecule has 4 nitrogen and oxygen atoms in total. The van der Waals surface area contributed by atoms with E-state index in [1.165, 1.54) is 0 Å². The SMILES string of the molecule is OCCCNCC(O)CO. The van der Waals surface area contributed by atoms with Crippen LogP contribution < -0.4 is 5.32 Å². The Morgan fingerprint density at radius 2 is 2.00 bits per heavy atom. The largest absolute Gasteiger partial charge is 0.396 e. The third kappa shape index (κ3) is 5.97. The number of rotatable bonds is 6. The van der Waals surface area contributed by atoms with Gasteiger partial charge < -0.3 is 20.6 Å². The van der Waals surface area contributed by atoms with Crippen LogP contribution in [0, 0.1) is 0 Å². The second-order valence-electron chi connectivity index (χ2n) is 2.12. The molecule has 0 spiro atoms. The van der Waals surface area contributed by atoms with Gasteiger partial charge in [-0.15, -0.1) is 0 Å². The highest BCUT2D eigenvalue weighted by atomic mass is 16.3. The van der Waals surface area contributed by atoms with Crippen molar-refractivity contribution >= 4 is 0 Å². The molecule has 0 aromatic carbocycles. The Kier molecular flexibility index (Phi) is 6.84. The van der Waals surface area contributed by atoms with Gasteiger partial charge in [-0.05, 0) is 13.0 Å². The first-order valence-electron chi connectivity index (χ1n) is 3.41. The summed E-state index contributed by atoms with van der Waals surface area (Å²) in [5, 5.41) is 28.3. The molecule has 62 valence electrons. The molecule has 0 radical (unpaired) electrons. The summed E-state index contributed by atoms with van der Waals surface area (Å²) in [5.41, 5.74) is 0. The van der Waals surface area contributed by atoms with Crippen LogP contribution in [0.4, 0.5) is 0 Å². The van der Waals surface area contributed by atoms with Crippen molar-refractivity contribution in [3.05, 3.63) is 0 Å². The summed E-state index contributed by atoms with van der Waals surface area (Å²) in [7, 11) is 0. The molecule has 0 aromatic rings. The minimum absolute atomic E-state index is 0.155. The molecular weight excluding hydrogens is 134 g/mol. The van der Waals surface area contributed by atoms with Gasteiger partial charge in [-0.25, -0.2) is 0 Å². The van der Waals surface area contributed by atoms with Crippen molar-refractivity contribution in [2.45, 2.75) is 12.5 Å². The summed E-state index contributed by atoms with van der Waals surface area (Å²) in [6.45, 7) is 0.998. The highest BCUT2D eigenvalue weighted by molar-refractivity contribution is 4.56. The minimum atomic E-state index is -0.682. The molecule has 0 amide bonds. The van der Waals surface area contributed by atoms with Gasteiger partial charge in [-0.1, -0.05) is 0 Å². The van der Waals surface area contributed by atoms with E-state index in [1.54, 1.807) is 0 Å². The molecule has 4 heteroatoms. The lowest BCUT2D eigenvalue weighted by Gasteiger charge is -2.07. The van der Waals surface area contributed by atoms with Crippen LogP contribution in [0.1, 0.15) is 6.42 Å². The summed E-state index contributed by atoms with van der Waals surface area (Å²) >= 11 is 0. The molecule has 0 aromatic heterocycles. The maximum absolute atomic E-state index is 8.78. The number of aliphatic hydroxyl groups excluding tert-OH is 3. The van der Waals surface area contributed by atoms with Gasteiger partial charge in [0.15, 0.2) is 0 Å². The van der Waals surface area contributed by atoms with Gasteiger partial charge in [0.25, 0.3) is 0 Å². The van der Waals surface area contributed by atoms with Crippen LogP contribution in [0.3, 0.4) is 0 Å². The van der Waals surface area contributed by atoms with Crippen molar-refractivity contribution in [2.75, 3.05) is 26.3 Å². The lowest BCUT2D eigenvalue weighted by molar-refractivity contribution is 0.0941. The molecule has 0 rings (SSSR count). The first kappa shape index (κ1) is 9.84. The van der Waals surface area contributed by atoms with Crippen molar-refractivity contribution in [3.8, 4) is 0 Å². The Balaban J connectivity index is 2.89. The zero-order chi connectivity index (χ0) is 7.82. The number of nitrogens with one attached hydrogen (secondary N) is 1. The molecule has 4 N–H and O–H groups in total. The summed E-state index contributed by atoms with van der Waals surface area (Å²) < 4.78 is 0. The fraction of sp³-hybridized carbons (Fsp3) is 1.00. The number of aliphatic hydroxyl groups is 3. The van der Waals surface area contributed by atoms with Crippen molar-refractivity contribution in [1.29, 1.82) is 0 Å². The van der Waals surface area contributed by atoms with E-state index in [4.69, 9.17) is 15.3 Å². The summed E-state index contributed by atoms with van der Waals surface area (Å²) in [5.74, 6) is 0. The van der Waals surface area contributed by atoms with Gasteiger partial charge in [0.05, 0.1) is 12.7 Å². The quantitative estimate of drug-likeness (QED) is 0.340. The summed E-state index contributed by atoms with van der Waals surface area (Å²) in [4.78, 5) is 0. The van der Waals surface area contributed by atoms with Crippen molar-refractivity contribution in [2.24, 2.45) is 0 Å². The average molecular weight is 149 g/mol. The maximum Gasteiger partial charge on any atom is 0.0894 e. The third-order valence-corrected chi connectivity index (χ3v) is 1.10. The van der Waals surface area contributed by atoms with Gasteiger partial charge in [0, 0.05) is 13.2 Å². The minimum Gasteiger partial charge on any atom is -0.396 e. The molecule has 0 heterocycles. The standard InChI is InChI=1S/C6H15NO3/c8-3-1-2-7-4-6(10)5-9/h6-10H,1-5H2. The third-order valence-electron chi connectivity index (χ3n) is 1.10. The monoisotopic (exact) mass is 149 g/mol. The first-order chi connectivity index (χ1) is 4.81. The van der Waals surface area contributed by atoms with E-state index in [0.29, 0.717) is 19.5 Å². The second-order valence-corrected chi connectivity index (χ2v) is 2.12. The van der Waals surface area contributed by atoms with Crippen molar-refractivity contribution in [1.82, 2.24) is 5.32 Å². The van der Waals surface area contributed by atoms with Gasteiger partial charge >= 0.3 is 0 Å². The Bertz CT molecular complexity index is 70.0. The van der Waals surface area contributed by atoms with E-state index in [-0.39, 0.29) is 13.2 Å². The van der Waals surface area contributed by atoms with Crippen LogP contribution in [-0.4, -0.2) is 47.7 Å². The molecular formula is C6H15NO3. The Morgan fingerprint density at radius 3 is 2.50 bits per heavy atom. The molecule has 0 aliphatic heterocycles. The molecule has 1 unspecified atom stereocenters. The number of hydrogen-bond donors (Lipinski definition) is 4. The fourth-order valence-corrected chi connectivity index (χ4v) is 0.537. The summed E-state index contributed by atoms with van der Waals surface area (Å²) in [6, 6.07) is 0. The second kappa shape index (κ2) is 6.95. The fourth-order valence-electron chi connectivity index (χ4n) is 0.537. The van der Waals surface area contributed by atoms with Gasteiger partial charge in [0.1, 0.15) is 0 Å². The smallest absolute Gasteiger partial charge is 0.0894 e. The van der Waals surface area contributed by atoms with Crippen LogP contribution >= 0.6 is 0 Å². The van der Waals surface area contributed by atoms with Crippen LogP contribution in [0.5, 0.6) is 0 Å². The maximum atomic E-state index is 8.78.